The van der Waals surface area contributed by atoms with Gasteiger partial charge in [0.15, 0.2) is 0 Å². The van der Waals surface area contributed by atoms with E-state index in [4.69, 9.17) is 0 Å². The topological polar surface area (TPSA) is 0 Å². The molecule has 1 saturated carbocycles. The SMILES string of the molecule is Brc1csc(CC2CC2)c1. The van der Waals surface area contributed by atoms with Crippen LogP contribution in [0.5, 0.6) is 0 Å². The van der Waals surface area contributed by atoms with Crippen LogP contribution in [0.1, 0.15) is 17.7 Å². The van der Waals surface area contributed by atoms with Gasteiger partial charge in [-0.15, -0.1) is 11.3 Å². The Morgan fingerprint density at radius 2 is 2.40 bits per heavy atom. The van der Waals surface area contributed by atoms with E-state index in [1.807, 2.05) is 11.3 Å². The average Bonchev–Trinajstić information content (AvgIpc) is 2.59. The van der Waals surface area contributed by atoms with Crippen LogP contribution in [-0.4, -0.2) is 0 Å². The molecule has 2 heteroatoms. The fourth-order valence-electron chi connectivity index (χ4n) is 1.07. The molecule has 1 aromatic heterocycles. The molecule has 0 nitrogen and oxygen atoms in total. The molecule has 1 fully saturated rings. The maximum Gasteiger partial charge on any atom is 0.0285 e. The number of thiophene rings is 1. The largest absolute Gasteiger partial charge is 0.148 e. The summed E-state index contributed by atoms with van der Waals surface area (Å²) >= 11 is 5.32. The molecule has 2 rings (SSSR count). The maximum atomic E-state index is 3.45. The molecule has 0 spiro atoms. The van der Waals surface area contributed by atoms with Crippen molar-refractivity contribution in [3.8, 4) is 0 Å². The summed E-state index contributed by atoms with van der Waals surface area (Å²) in [5.74, 6) is 1.02. The molecule has 0 atom stereocenters. The molecule has 1 aromatic rings. The molecule has 1 aliphatic carbocycles. The first-order valence-corrected chi connectivity index (χ1v) is 5.25. The first-order valence-electron chi connectivity index (χ1n) is 3.57. The third-order valence-corrected chi connectivity index (χ3v) is 3.53. The van der Waals surface area contributed by atoms with Crippen LogP contribution in [0.25, 0.3) is 0 Å². The summed E-state index contributed by atoms with van der Waals surface area (Å²) in [7, 11) is 0. The quantitative estimate of drug-likeness (QED) is 0.711. The summed E-state index contributed by atoms with van der Waals surface area (Å²) in [4.78, 5) is 1.54. The van der Waals surface area contributed by atoms with E-state index in [1.165, 1.54) is 28.6 Å². The molecule has 54 valence electrons. The Labute approximate surface area is 73.4 Å². The second-order valence-corrected chi connectivity index (χ2v) is 4.79. The lowest BCUT2D eigenvalue weighted by atomic mass is 10.2. The minimum absolute atomic E-state index is 1.02. The lowest BCUT2D eigenvalue weighted by molar-refractivity contribution is 0.846. The van der Waals surface area contributed by atoms with Crippen LogP contribution < -0.4 is 0 Å². The molecule has 1 heterocycles. The van der Waals surface area contributed by atoms with Gasteiger partial charge in [0.25, 0.3) is 0 Å². The monoisotopic (exact) mass is 216 g/mol. The van der Waals surface area contributed by atoms with Crippen molar-refractivity contribution in [2.75, 3.05) is 0 Å². The van der Waals surface area contributed by atoms with Gasteiger partial charge in [-0.05, 0) is 47.2 Å². The predicted octanol–water partition coefficient (Wildman–Crippen LogP) is 3.46. The van der Waals surface area contributed by atoms with E-state index in [1.54, 1.807) is 0 Å². The Kier molecular flexibility index (Phi) is 1.83. The molecule has 10 heavy (non-hydrogen) atoms. The molecule has 0 unspecified atom stereocenters. The van der Waals surface area contributed by atoms with Crippen molar-refractivity contribution < 1.29 is 0 Å². The Balaban J connectivity index is 2.03. The van der Waals surface area contributed by atoms with Crippen molar-refractivity contribution in [3.63, 3.8) is 0 Å². The van der Waals surface area contributed by atoms with Crippen molar-refractivity contribution in [1.82, 2.24) is 0 Å². The minimum atomic E-state index is 1.02. The molecule has 0 radical (unpaired) electrons. The van der Waals surface area contributed by atoms with Gasteiger partial charge >= 0.3 is 0 Å². The predicted molar refractivity (Wildman–Crippen MR) is 48.4 cm³/mol. The molecular formula is C8H9BrS. The summed E-state index contributed by atoms with van der Waals surface area (Å²) in [5.41, 5.74) is 0. The van der Waals surface area contributed by atoms with Gasteiger partial charge < -0.3 is 0 Å². The van der Waals surface area contributed by atoms with Crippen LogP contribution >= 0.6 is 27.3 Å². The summed E-state index contributed by atoms with van der Waals surface area (Å²) in [6.07, 6.45) is 4.22. The first-order chi connectivity index (χ1) is 4.84. The van der Waals surface area contributed by atoms with Gasteiger partial charge in [-0.25, -0.2) is 0 Å². The minimum Gasteiger partial charge on any atom is -0.148 e. The zero-order valence-electron chi connectivity index (χ0n) is 5.64. The summed E-state index contributed by atoms with van der Waals surface area (Å²) < 4.78 is 1.24. The lowest BCUT2D eigenvalue weighted by Crippen LogP contribution is -1.79. The van der Waals surface area contributed by atoms with E-state index >= 15 is 0 Å². The van der Waals surface area contributed by atoms with Crippen LogP contribution in [-0.2, 0) is 6.42 Å². The highest BCUT2D eigenvalue weighted by atomic mass is 79.9. The fourth-order valence-corrected chi connectivity index (χ4v) is 2.63. The lowest BCUT2D eigenvalue weighted by Gasteiger charge is -1.88. The summed E-state index contributed by atoms with van der Waals surface area (Å²) in [5, 5.41) is 2.16. The van der Waals surface area contributed by atoms with Crippen LogP contribution in [0.4, 0.5) is 0 Å². The maximum absolute atomic E-state index is 3.45. The van der Waals surface area contributed by atoms with E-state index < -0.39 is 0 Å². The zero-order valence-corrected chi connectivity index (χ0v) is 8.04. The highest BCUT2D eigenvalue weighted by Crippen LogP contribution is 2.34. The van der Waals surface area contributed by atoms with Crippen molar-refractivity contribution >= 4 is 27.3 Å². The Hall–Kier alpha value is 0.180. The zero-order chi connectivity index (χ0) is 6.97. The van der Waals surface area contributed by atoms with Gasteiger partial charge in [0.1, 0.15) is 0 Å². The molecule has 0 N–H and O–H groups in total. The van der Waals surface area contributed by atoms with Gasteiger partial charge in [-0.2, -0.15) is 0 Å². The number of hydrogen-bond donors (Lipinski definition) is 0. The number of hydrogen-bond acceptors (Lipinski definition) is 1. The fraction of sp³-hybridized carbons (Fsp3) is 0.500. The standard InChI is InChI=1S/C8H9BrS/c9-7-4-8(10-5-7)3-6-1-2-6/h4-6H,1-3H2. The molecule has 0 aliphatic heterocycles. The van der Waals surface area contributed by atoms with Crippen molar-refractivity contribution in [3.05, 3.63) is 20.8 Å². The van der Waals surface area contributed by atoms with Crippen molar-refractivity contribution in [1.29, 1.82) is 0 Å². The molecular weight excluding hydrogens is 208 g/mol. The second kappa shape index (κ2) is 2.67. The first kappa shape index (κ1) is 6.86. The van der Waals surface area contributed by atoms with Crippen LogP contribution in [0.2, 0.25) is 0 Å². The normalized spacial score (nSPS) is 17.7. The van der Waals surface area contributed by atoms with Gasteiger partial charge in [0.2, 0.25) is 0 Å². The smallest absolute Gasteiger partial charge is 0.0285 e. The second-order valence-electron chi connectivity index (χ2n) is 2.88. The molecule has 0 amide bonds. The molecule has 0 saturated heterocycles. The molecule has 0 aromatic carbocycles. The van der Waals surface area contributed by atoms with Crippen LogP contribution in [0, 0.1) is 5.92 Å². The summed E-state index contributed by atoms with van der Waals surface area (Å²) in [6, 6.07) is 2.24. The third kappa shape index (κ3) is 1.61. The molecule has 0 bridgehead atoms. The van der Waals surface area contributed by atoms with Crippen LogP contribution in [0.3, 0.4) is 0 Å². The van der Waals surface area contributed by atoms with Gasteiger partial charge in [0.05, 0.1) is 0 Å². The molecule has 1 aliphatic rings. The van der Waals surface area contributed by atoms with Crippen LogP contribution in [0.15, 0.2) is 15.9 Å². The number of halogens is 1. The highest BCUT2D eigenvalue weighted by Gasteiger charge is 2.21. The van der Waals surface area contributed by atoms with E-state index in [2.05, 4.69) is 27.4 Å². The van der Waals surface area contributed by atoms with Gasteiger partial charge in [-0.3, -0.25) is 0 Å². The van der Waals surface area contributed by atoms with E-state index in [9.17, 15) is 0 Å². The van der Waals surface area contributed by atoms with Crippen molar-refractivity contribution in [2.45, 2.75) is 19.3 Å². The Morgan fingerprint density at radius 3 is 2.90 bits per heavy atom. The van der Waals surface area contributed by atoms with E-state index in [-0.39, 0.29) is 0 Å². The Morgan fingerprint density at radius 1 is 1.60 bits per heavy atom. The average molecular weight is 217 g/mol. The number of rotatable bonds is 2. The third-order valence-electron chi connectivity index (χ3n) is 1.81. The van der Waals surface area contributed by atoms with Crippen molar-refractivity contribution in [2.24, 2.45) is 5.92 Å². The van der Waals surface area contributed by atoms with E-state index in [0.717, 1.165) is 5.92 Å². The summed E-state index contributed by atoms with van der Waals surface area (Å²) in [6.45, 7) is 0. The van der Waals surface area contributed by atoms with E-state index in [0.29, 0.717) is 0 Å². The van der Waals surface area contributed by atoms with Gasteiger partial charge in [0, 0.05) is 14.7 Å². The van der Waals surface area contributed by atoms with Gasteiger partial charge in [-0.1, -0.05) is 0 Å². The Bertz CT molecular complexity index is 225. The highest BCUT2D eigenvalue weighted by molar-refractivity contribution is 9.10.